The maximum Gasteiger partial charge on any atom is 0.376 e. The first-order valence-corrected chi connectivity index (χ1v) is 5.43. The molecule has 2 aromatic rings. The minimum Gasteiger partial charge on any atom is -0.460 e. The molecule has 2 aromatic heterocycles. The van der Waals surface area contributed by atoms with Crippen molar-refractivity contribution in [2.75, 3.05) is 12.3 Å². The van der Waals surface area contributed by atoms with E-state index in [1.807, 2.05) is 0 Å². The van der Waals surface area contributed by atoms with Crippen LogP contribution in [0.4, 0.5) is 5.69 Å². The number of aromatic nitrogens is 1. The van der Waals surface area contributed by atoms with Gasteiger partial charge in [0.1, 0.15) is 4.60 Å². The quantitative estimate of drug-likeness (QED) is 0.676. The Hall–Kier alpha value is -1.56. The lowest BCUT2D eigenvalue weighted by Gasteiger charge is -1.97. The number of nitrogens with zero attached hydrogens (tertiary/aromatic N) is 1. The highest BCUT2D eigenvalue weighted by Gasteiger charge is 2.19. The van der Waals surface area contributed by atoms with Crippen molar-refractivity contribution in [1.29, 1.82) is 0 Å². The van der Waals surface area contributed by atoms with E-state index in [2.05, 4.69) is 20.9 Å². The lowest BCUT2D eigenvalue weighted by molar-refractivity contribution is 0.0494. The molecule has 0 amide bonds. The standard InChI is InChI=1S/C10H9BrN2O3/c1-2-15-10(14)9-8(12)5-3-7(11)13-4-6(5)16-9/h3-4H,2,12H2,1H3. The highest BCUT2D eigenvalue weighted by Crippen LogP contribution is 2.29. The summed E-state index contributed by atoms with van der Waals surface area (Å²) in [6, 6.07) is 1.69. The molecule has 0 bridgehead atoms. The van der Waals surface area contributed by atoms with Crippen LogP contribution >= 0.6 is 15.9 Å². The number of esters is 1. The third kappa shape index (κ3) is 1.76. The van der Waals surface area contributed by atoms with Crippen LogP contribution in [0, 0.1) is 0 Å². The Morgan fingerprint density at radius 1 is 1.69 bits per heavy atom. The number of ether oxygens (including phenoxy) is 1. The average Bonchev–Trinajstić information content (AvgIpc) is 2.57. The number of rotatable bonds is 2. The third-order valence-corrected chi connectivity index (χ3v) is 2.48. The van der Waals surface area contributed by atoms with E-state index in [1.165, 1.54) is 6.20 Å². The minimum absolute atomic E-state index is 0.0248. The Kier molecular flexibility index (Phi) is 2.82. The fourth-order valence-electron chi connectivity index (χ4n) is 1.34. The summed E-state index contributed by atoms with van der Waals surface area (Å²) in [6.07, 6.45) is 1.50. The Morgan fingerprint density at radius 3 is 3.12 bits per heavy atom. The number of pyridine rings is 1. The van der Waals surface area contributed by atoms with Crippen LogP contribution in [-0.2, 0) is 4.74 Å². The molecular formula is C10H9BrN2O3. The molecule has 0 saturated carbocycles. The van der Waals surface area contributed by atoms with Crippen LogP contribution in [0.3, 0.4) is 0 Å². The highest BCUT2D eigenvalue weighted by atomic mass is 79.9. The van der Waals surface area contributed by atoms with Crippen LogP contribution in [0.25, 0.3) is 11.0 Å². The third-order valence-electron chi connectivity index (χ3n) is 2.04. The van der Waals surface area contributed by atoms with E-state index >= 15 is 0 Å². The monoisotopic (exact) mass is 284 g/mol. The Balaban J connectivity index is 2.56. The van der Waals surface area contributed by atoms with Crippen LogP contribution < -0.4 is 5.73 Å². The molecule has 0 radical (unpaired) electrons. The van der Waals surface area contributed by atoms with E-state index in [0.717, 1.165) is 0 Å². The van der Waals surface area contributed by atoms with E-state index in [1.54, 1.807) is 13.0 Å². The summed E-state index contributed by atoms with van der Waals surface area (Å²) in [7, 11) is 0. The van der Waals surface area contributed by atoms with Crippen LogP contribution in [0.2, 0.25) is 0 Å². The van der Waals surface area contributed by atoms with Gasteiger partial charge in [-0.25, -0.2) is 9.78 Å². The molecule has 0 aliphatic heterocycles. The summed E-state index contributed by atoms with van der Waals surface area (Å²) >= 11 is 3.22. The Morgan fingerprint density at radius 2 is 2.44 bits per heavy atom. The molecule has 2 rings (SSSR count). The molecule has 0 unspecified atom stereocenters. The van der Waals surface area contributed by atoms with Crippen molar-refractivity contribution in [2.24, 2.45) is 0 Å². The molecule has 0 aliphatic carbocycles. The summed E-state index contributed by atoms with van der Waals surface area (Å²) in [4.78, 5) is 15.5. The van der Waals surface area contributed by atoms with E-state index < -0.39 is 5.97 Å². The first-order chi connectivity index (χ1) is 7.63. The zero-order valence-corrected chi connectivity index (χ0v) is 10.1. The topological polar surface area (TPSA) is 78.3 Å². The molecule has 5 nitrogen and oxygen atoms in total. The summed E-state index contributed by atoms with van der Waals surface area (Å²) < 4.78 is 10.7. The van der Waals surface area contributed by atoms with Gasteiger partial charge >= 0.3 is 5.97 Å². The molecule has 0 aliphatic rings. The molecule has 0 fully saturated rings. The van der Waals surface area contributed by atoms with Gasteiger partial charge in [-0.05, 0) is 28.9 Å². The number of hydrogen-bond donors (Lipinski definition) is 1. The lowest BCUT2D eigenvalue weighted by Crippen LogP contribution is -2.05. The second kappa shape index (κ2) is 4.13. The fraction of sp³-hybridized carbons (Fsp3) is 0.200. The molecule has 0 aromatic carbocycles. The molecular weight excluding hydrogens is 276 g/mol. The van der Waals surface area contributed by atoms with Crippen molar-refractivity contribution < 1.29 is 13.9 Å². The number of fused-ring (bicyclic) bond motifs is 1. The van der Waals surface area contributed by atoms with E-state index in [4.69, 9.17) is 14.9 Å². The van der Waals surface area contributed by atoms with Crippen molar-refractivity contribution in [1.82, 2.24) is 4.98 Å². The van der Waals surface area contributed by atoms with Gasteiger partial charge in [-0.2, -0.15) is 0 Å². The van der Waals surface area contributed by atoms with Crippen molar-refractivity contribution in [3.05, 3.63) is 22.6 Å². The van der Waals surface area contributed by atoms with Crippen LogP contribution in [0.5, 0.6) is 0 Å². The van der Waals surface area contributed by atoms with Gasteiger partial charge in [0.05, 0.1) is 18.5 Å². The predicted octanol–water partition coefficient (Wildman–Crippen LogP) is 2.35. The maximum atomic E-state index is 11.5. The predicted molar refractivity (Wildman–Crippen MR) is 62.1 cm³/mol. The lowest BCUT2D eigenvalue weighted by atomic mass is 10.2. The zero-order chi connectivity index (χ0) is 11.7. The van der Waals surface area contributed by atoms with Crippen molar-refractivity contribution in [2.45, 2.75) is 6.92 Å². The second-order valence-corrected chi connectivity index (χ2v) is 3.88. The number of carbonyl (C=O) groups is 1. The average molecular weight is 285 g/mol. The molecule has 16 heavy (non-hydrogen) atoms. The summed E-state index contributed by atoms with van der Waals surface area (Å²) in [5.41, 5.74) is 6.53. The molecule has 6 heteroatoms. The first-order valence-electron chi connectivity index (χ1n) is 4.64. The molecule has 0 atom stereocenters. The molecule has 0 saturated heterocycles. The van der Waals surface area contributed by atoms with Crippen molar-refractivity contribution in [3.8, 4) is 0 Å². The van der Waals surface area contributed by atoms with Gasteiger partial charge in [-0.3, -0.25) is 0 Å². The molecule has 2 heterocycles. The van der Waals surface area contributed by atoms with E-state index in [-0.39, 0.29) is 18.1 Å². The van der Waals surface area contributed by atoms with E-state index in [9.17, 15) is 4.79 Å². The SMILES string of the molecule is CCOC(=O)c1oc2cnc(Br)cc2c1N. The van der Waals surface area contributed by atoms with Gasteiger partial charge in [0.15, 0.2) is 5.58 Å². The number of nitrogens with two attached hydrogens (primary N) is 1. The second-order valence-electron chi connectivity index (χ2n) is 3.07. The summed E-state index contributed by atoms with van der Waals surface area (Å²) in [6.45, 7) is 1.99. The zero-order valence-electron chi connectivity index (χ0n) is 8.49. The number of nitrogen functional groups attached to an aromatic ring is 1. The summed E-state index contributed by atoms with van der Waals surface area (Å²) in [5, 5.41) is 0.643. The normalized spacial score (nSPS) is 10.6. The van der Waals surface area contributed by atoms with Gasteiger partial charge < -0.3 is 14.9 Å². The number of furan rings is 1. The van der Waals surface area contributed by atoms with E-state index in [0.29, 0.717) is 15.6 Å². The van der Waals surface area contributed by atoms with Crippen LogP contribution in [-0.4, -0.2) is 17.6 Å². The van der Waals surface area contributed by atoms with Crippen LogP contribution in [0.1, 0.15) is 17.5 Å². The highest BCUT2D eigenvalue weighted by molar-refractivity contribution is 9.10. The van der Waals surface area contributed by atoms with Crippen LogP contribution in [0.15, 0.2) is 21.3 Å². The van der Waals surface area contributed by atoms with Gasteiger partial charge in [-0.1, -0.05) is 0 Å². The number of carbonyl (C=O) groups excluding carboxylic acids is 1. The van der Waals surface area contributed by atoms with Gasteiger partial charge in [0, 0.05) is 5.39 Å². The largest absolute Gasteiger partial charge is 0.460 e. The molecule has 84 valence electrons. The maximum absolute atomic E-state index is 11.5. The van der Waals surface area contributed by atoms with Crippen molar-refractivity contribution in [3.63, 3.8) is 0 Å². The number of anilines is 1. The smallest absolute Gasteiger partial charge is 0.376 e. The van der Waals surface area contributed by atoms with Gasteiger partial charge in [-0.15, -0.1) is 0 Å². The fourth-order valence-corrected chi connectivity index (χ4v) is 1.68. The summed E-state index contributed by atoms with van der Waals surface area (Å²) in [5.74, 6) is -0.538. The molecule has 2 N–H and O–H groups in total. The Bertz CT molecular complexity index is 550. The molecule has 0 spiro atoms. The van der Waals surface area contributed by atoms with Gasteiger partial charge in [0.2, 0.25) is 5.76 Å². The Labute approximate surface area is 99.7 Å². The number of hydrogen-bond acceptors (Lipinski definition) is 5. The number of halogens is 1. The van der Waals surface area contributed by atoms with Crippen molar-refractivity contribution >= 4 is 38.6 Å². The minimum atomic E-state index is -0.563. The first kappa shape index (κ1) is 10.9. The van der Waals surface area contributed by atoms with Gasteiger partial charge in [0.25, 0.3) is 0 Å².